The molecule has 0 N–H and O–H groups in total. The molecule has 0 fully saturated rings. The molecule has 0 nitrogen and oxygen atoms in total. The molecule has 1 atom stereocenters. The van der Waals surface area contributed by atoms with Crippen LogP contribution in [0.25, 0.3) is 0 Å². The van der Waals surface area contributed by atoms with Crippen LogP contribution in [0.15, 0.2) is 29.2 Å². The second kappa shape index (κ2) is 3.38. The highest BCUT2D eigenvalue weighted by Crippen LogP contribution is 2.45. The van der Waals surface area contributed by atoms with Crippen molar-refractivity contribution in [3.8, 4) is 0 Å². The molecule has 13 heavy (non-hydrogen) atoms. The Morgan fingerprint density at radius 2 is 2.15 bits per heavy atom. The summed E-state index contributed by atoms with van der Waals surface area (Å²) in [7, 11) is 0. The van der Waals surface area contributed by atoms with E-state index in [1.54, 1.807) is 5.56 Å². The number of hydrogen-bond donors (Lipinski definition) is 0. The van der Waals surface area contributed by atoms with Gasteiger partial charge >= 0.3 is 0 Å². The van der Waals surface area contributed by atoms with Gasteiger partial charge < -0.3 is 0 Å². The van der Waals surface area contributed by atoms with Crippen LogP contribution in [-0.4, -0.2) is 5.75 Å². The Kier molecular flexibility index (Phi) is 2.37. The van der Waals surface area contributed by atoms with Gasteiger partial charge in [-0.2, -0.15) is 0 Å². The van der Waals surface area contributed by atoms with Crippen LogP contribution < -0.4 is 0 Å². The van der Waals surface area contributed by atoms with Gasteiger partial charge in [0.05, 0.1) is 0 Å². The van der Waals surface area contributed by atoms with E-state index in [0.717, 1.165) is 0 Å². The summed E-state index contributed by atoms with van der Waals surface area (Å²) < 4.78 is 0. The van der Waals surface area contributed by atoms with Crippen LogP contribution in [-0.2, 0) is 5.41 Å². The minimum absolute atomic E-state index is 0.440. The maximum atomic E-state index is 2.40. The monoisotopic (exact) mass is 192 g/mol. The minimum atomic E-state index is 0.440. The number of benzene rings is 1. The largest absolute Gasteiger partial charge is 0.125 e. The third kappa shape index (κ3) is 1.50. The van der Waals surface area contributed by atoms with E-state index in [4.69, 9.17) is 0 Å². The highest BCUT2D eigenvalue weighted by molar-refractivity contribution is 7.99. The predicted molar refractivity (Wildman–Crippen MR) is 59.4 cm³/mol. The second-order valence-corrected chi connectivity index (χ2v) is 5.11. The van der Waals surface area contributed by atoms with E-state index in [1.807, 2.05) is 11.8 Å². The summed E-state index contributed by atoms with van der Waals surface area (Å²) in [6.07, 6.45) is 2.60. The van der Waals surface area contributed by atoms with Crippen molar-refractivity contribution >= 4 is 11.8 Å². The summed E-state index contributed by atoms with van der Waals surface area (Å²) in [5.41, 5.74) is 2.01. The summed E-state index contributed by atoms with van der Waals surface area (Å²) in [5.74, 6) is 1.26. The number of fused-ring (bicyclic) bond motifs is 1. The lowest BCUT2D eigenvalue weighted by Crippen LogP contribution is -2.20. The van der Waals surface area contributed by atoms with Crippen molar-refractivity contribution in [3.63, 3.8) is 0 Å². The van der Waals surface area contributed by atoms with Crippen LogP contribution in [0.3, 0.4) is 0 Å². The Bertz CT molecular complexity index is 302. The first-order valence-corrected chi connectivity index (χ1v) is 5.97. The number of thioether (sulfide) groups is 1. The molecule has 0 amide bonds. The Balaban J connectivity index is 2.37. The first-order valence-electron chi connectivity index (χ1n) is 4.98. The Morgan fingerprint density at radius 3 is 2.92 bits per heavy atom. The summed E-state index contributed by atoms with van der Waals surface area (Å²) in [4.78, 5) is 1.50. The van der Waals surface area contributed by atoms with Crippen molar-refractivity contribution in [2.24, 2.45) is 0 Å². The molecule has 1 aromatic rings. The van der Waals surface area contributed by atoms with Crippen LogP contribution in [0, 0.1) is 0 Å². The van der Waals surface area contributed by atoms with Gasteiger partial charge in [0.2, 0.25) is 0 Å². The van der Waals surface area contributed by atoms with Gasteiger partial charge in [0, 0.05) is 16.1 Å². The van der Waals surface area contributed by atoms with Crippen molar-refractivity contribution in [1.29, 1.82) is 0 Å². The zero-order chi connectivity index (χ0) is 9.31. The summed E-state index contributed by atoms with van der Waals surface area (Å²) in [6.45, 7) is 4.67. The van der Waals surface area contributed by atoms with Gasteiger partial charge in [0.25, 0.3) is 0 Å². The lowest BCUT2D eigenvalue weighted by atomic mass is 9.81. The fraction of sp³-hybridized carbons (Fsp3) is 0.500. The summed E-state index contributed by atoms with van der Waals surface area (Å²) >= 11 is 2.01. The number of hydrogen-bond acceptors (Lipinski definition) is 1. The molecule has 0 saturated carbocycles. The normalized spacial score (nSPS) is 26.0. The summed E-state index contributed by atoms with van der Waals surface area (Å²) in [6, 6.07) is 8.86. The third-order valence-electron chi connectivity index (χ3n) is 2.89. The van der Waals surface area contributed by atoms with Gasteiger partial charge in [-0.3, -0.25) is 0 Å². The molecule has 0 bridgehead atoms. The van der Waals surface area contributed by atoms with Crippen molar-refractivity contribution < 1.29 is 0 Å². The van der Waals surface area contributed by atoms with E-state index >= 15 is 0 Å². The van der Waals surface area contributed by atoms with Crippen LogP contribution in [0.5, 0.6) is 0 Å². The van der Waals surface area contributed by atoms with E-state index in [2.05, 4.69) is 38.1 Å². The van der Waals surface area contributed by atoms with Gasteiger partial charge in [-0.05, 0) is 18.1 Å². The first kappa shape index (κ1) is 9.14. The molecule has 0 radical (unpaired) electrons. The number of rotatable bonds is 2. The van der Waals surface area contributed by atoms with Crippen LogP contribution in [0.1, 0.15) is 32.3 Å². The van der Waals surface area contributed by atoms with E-state index < -0.39 is 0 Å². The maximum absolute atomic E-state index is 2.40. The Hall–Kier alpha value is -0.430. The average molecular weight is 192 g/mol. The standard InChI is InChI=1S/C12H16S/c1-3-8-12(2)9-13-11-7-5-4-6-10(11)12/h4-7H,3,8-9H2,1-2H3. The quantitative estimate of drug-likeness (QED) is 0.686. The van der Waals surface area contributed by atoms with E-state index in [0.29, 0.717) is 5.41 Å². The maximum Gasteiger partial charge on any atom is 0.0110 e. The van der Waals surface area contributed by atoms with Gasteiger partial charge in [0.1, 0.15) is 0 Å². The summed E-state index contributed by atoms with van der Waals surface area (Å²) in [5, 5.41) is 0. The zero-order valence-corrected chi connectivity index (χ0v) is 9.16. The van der Waals surface area contributed by atoms with Crippen LogP contribution >= 0.6 is 11.8 Å². The van der Waals surface area contributed by atoms with Gasteiger partial charge in [-0.1, -0.05) is 38.5 Å². The molecule has 0 saturated heterocycles. The molecular formula is C12H16S. The van der Waals surface area contributed by atoms with E-state index in [1.165, 1.54) is 23.5 Å². The molecule has 1 aromatic carbocycles. The Morgan fingerprint density at radius 1 is 1.38 bits per heavy atom. The molecule has 1 aliphatic heterocycles. The fourth-order valence-corrected chi connectivity index (χ4v) is 3.58. The van der Waals surface area contributed by atoms with Crippen molar-refractivity contribution in [2.75, 3.05) is 5.75 Å². The topological polar surface area (TPSA) is 0 Å². The fourth-order valence-electron chi connectivity index (χ4n) is 2.16. The lowest BCUT2D eigenvalue weighted by Gasteiger charge is -2.23. The highest BCUT2D eigenvalue weighted by Gasteiger charge is 2.33. The van der Waals surface area contributed by atoms with Gasteiger partial charge in [-0.25, -0.2) is 0 Å². The van der Waals surface area contributed by atoms with Crippen LogP contribution in [0.2, 0.25) is 0 Å². The SMILES string of the molecule is CCCC1(C)CSc2ccccc21. The average Bonchev–Trinajstić information content (AvgIpc) is 2.46. The minimum Gasteiger partial charge on any atom is -0.125 e. The lowest BCUT2D eigenvalue weighted by molar-refractivity contribution is 0.484. The first-order chi connectivity index (χ1) is 6.26. The third-order valence-corrected chi connectivity index (χ3v) is 4.33. The molecule has 0 aliphatic carbocycles. The van der Waals surface area contributed by atoms with Gasteiger partial charge in [0.15, 0.2) is 0 Å². The van der Waals surface area contributed by atoms with Crippen molar-refractivity contribution in [2.45, 2.75) is 37.0 Å². The van der Waals surface area contributed by atoms with Crippen molar-refractivity contribution in [3.05, 3.63) is 29.8 Å². The Labute approximate surface area is 84.7 Å². The molecule has 0 aromatic heterocycles. The van der Waals surface area contributed by atoms with Crippen LogP contribution in [0.4, 0.5) is 0 Å². The van der Waals surface area contributed by atoms with E-state index in [9.17, 15) is 0 Å². The van der Waals surface area contributed by atoms with Gasteiger partial charge in [-0.15, -0.1) is 11.8 Å². The molecule has 1 heterocycles. The molecule has 1 aliphatic rings. The molecule has 1 unspecified atom stereocenters. The van der Waals surface area contributed by atoms with E-state index in [-0.39, 0.29) is 0 Å². The smallest absolute Gasteiger partial charge is 0.0110 e. The molecule has 1 heteroatoms. The second-order valence-electron chi connectivity index (χ2n) is 4.10. The zero-order valence-electron chi connectivity index (χ0n) is 8.34. The predicted octanol–water partition coefficient (Wildman–Crippen LogP) is 3.85. The molecule has 2 rings (SSSR count). The molecule has 70 valence electrons. The molecule has 0 spiro atoms. The van der Waals surface area contributed by atoms with Crippen molar-refractivity contribution in [1.82, 2.24) is 0 Å². The molecular weight excluding hydrogens is 176 g/mol. The highest BCUT2D eigenvalue weighted by atomic mass is 32.2.